The summed E-state index contributed by atoms with van der Waals surface area (Å²) in [6, 6.07) is -0.958. The summed E-state index contributed by atoms with van der Waals surface area (Å²) in [4.78, 5) is 27.8. The van der Waals surface area contributed by atoms with E-state index < -0.39 is 12.0 Å². The highest BCUT2D eigenvalue weighted by Gasteiger charge is 2.23. The van der Waals surface area contributed by atoms with Gasteiger partial charge in [-0.05, 0) is 20.8 Å². The molecule has 1 atom stereocenters. The lowest BCUT2D eigenvalue weighted by Crippen LogP contribution is -2.42. The number of nitrogens with one attached hydrogen (secondary N) is 1. The Labute approximate surface area is 147 Å². The van der Waals surface area contributed by atoms with E-state index in [1.54, 1.807) is 0 Å². The Balaban J connectivity index is 2.56. The number of aliphatic carboxylic acids is 1. The van der Waals surface area contributed by atoms with Crippen LogP contribution in [-0.2, 0) is 26.2 Å². The van der Waals surface area contributed by atoms with Gasteiger partial charge in [-0.15, -0.1) is 11.3 Å². The maximum absolute atomic E-state index is 12.1. The second-order valence-corrected chi connectivity index (χ2v) is 8.64. The van der Waals surface area contributed by atoms with Crippen LogP contribution in [0, 0.1) is 0 Å². The predicted octanol–water partition coefficient (Wildman–Crippen LogP) is 2.76. The zero-order valence-corrected chi connectivity index (χ0v) is 16.1. The van der Waals surface area contributed by atoms with Gasteiger partial charge < -0.3 is 15.2 Å². The fraction of sp³-hybridized carbons (Fsp3) is 0.706. The van der Waals surface area contributed by atoms with Crippen molar-refractivity contribution in [1.29, 1.82) is 0 Å². The van der Waals surface area contributed by atoms with Crippen LogP contribution in [-0.4, -0.2) is 40.2 Å². The second kappa shape index (κ2) is 8.07. The number of carbonyl (C=O) groups excluding carboxylic acids is 1. The third-order valence-electron chi connectivity index (χ3n) is 3.11. The Bertz CT molecular complexity index is 570. The first-order valence-electron chi connectivity index (χ1n) is 7.99. The highest BCUT2D eigenvalue weighted by Crippen LogP contribution is 2.25. The van der Waals surface area contributed by atoms with Crippen molar-refractivity contribution < 1.29 is 19.4 Å². The lowest BCUT2D eigenvalue weighted by molar-refractivity contribution is -0.142. The van der Waals surface area contributed by atoms with Gasteiger partial charge in [0.2, 0.25) is 5.91 Å². The van der Waals surface area contributed by atoms with Crippen molar-refractivity contribution in [2.24, 2.45) is 0 Å². The Kier molecular flexibility index (Phi) is 6.92. The molecule has 1 aromatic heterocycles. The van der Waals surface area contributed by atoms with Gasteiger partial charge in [-0.2, -0.15) is 0 Å². The molecule has 1 rings (SSSR count). The Morgan fingerprint density at radius 1 is 1.29 bits per heavy atom. The van der Waals surface area contributed by atoms with Crippen LogP contribution in [0.4, 0.5) is 0 Å². The van der Waals surface area contributed by atoms with Crippen LogP contribution in [0.25, 0.3) is 0 Å². The van der Waals surface area contributed by atoms with Gasteiger partial charge in [-0.3, -0.25) is 4.79 Å². The Morgan fingerprint density at radius 2 is 1.92 bits per heavy atom. The van der Waals surface area contributed by atoms with Gasteiger partial charge >= 0.3 is 5.97 Å². The first-order valence-corrected chi connectivity index (χ1v) is 8.87. The number of aromatic nitrogens is 1. The van der Waals surface area contributed by atoms with Crippen molar-refractivity contribution in [3.05, 3.63) is 16.1 Å². The summed E-state index contributed by atoms with van der Waals surface area (Å²) in [6.07, 6.45) is 0.305. The van der Waals surface area contributed by atoms with E-state index in [1.807, 2.05) is 26.2 Å². The maximum Gasteiger partial charge on any atom is 0.326 e. The molecule has 0 saturated carbocycles. The molecule has 1 aromatic rings. The Morgan fingerprint density at radius 3 is 2.38 bits per heavy atom. The summed E-state index contributed by atoms with van der Waals surface area (Å²) in [5.74, 6) is -1.40. The lowest BCUT2D eigenvalue weighted by Gasteiger charge is -2.21. The van der Waals surface area contributed by atoms with Crippen LogP contribution in [0.5, 0.6) is 0 Å². The monoisotopic (exact) mass is 356 g/mol. The number of carboxylic acids is 1. The van der Waals surface area contributed by atoms with Gasteiger partial charge in [0.05, 0.1) is 22.7 Å². The fourth-order valence-electron chi connectivity index (χ4n) is 1.88. The molecule has 0 spiro atoms. The first kappa shape index (κ1) is 20.6. The van der Waals surface area contributed by atoms with E-state index in [0.717, 1.165) is 5.01 Å². The molecular formula is C17H28N2O4S. The molecule has 0 saturated heterocycles. The topological polar surface area (TPSA) is 88.5 Å². The minimum Gasteiger partial charge on any atom is -0.480 e. The fourth-order valence-corrected chi connectivity index (χ4v) is 2.79. The van der Waals surface area contributed by atoms with E-state index in [-0.39, 0.29) is 36.4 Å². The predicted molar refractivity (Wildman–Crippen MR) is 94.4 cm³/mol. The van der Waals surface area contributed by atoms with Crippen LogP contribution in [0.15, 0.2) is 5.38 Å². The molecule has 0 aromatic carbocycles. The number of hydrogen-bond donors (Lipinski definition) is 2. The summed E-state index contributed by atoms with van der Waals surface area (Å²) in [7, 11) is 0. The summed E-state index contributed by atoms with van der Waals surface area (Å²) < 4.78 is 5.53. The molecule has 0 aliphatic heterocycles. The van der Waals surface area contributed by atoms with E-state index in [9.17, 15) is 14.7 Å². The van der Waals surface area contributed by atoms with E-state index in [2.05, 4.69) is 31.1 Å². The number of rotatable bonds is 7. The zero-order chi connectivity index (χ0) is 18.5. The Hall–Kier alpha value is -1.47. The number of nitrogens with zero attached hydrogens (tertiary/aromatic N) is 1. The van der Waals surface area contributed by atoms with Crippen molar-refractivity contribution in [3.8, 4) is 0 Å². The minimum atomic E-state index is -1.06. The lowest BCUT2D eigenvalue weighted by atomic mass is 9.98. The van der Waals surface area contributed by atoms with Crippen LogP contribution < -0.4 is 5.32 Å². The highest BCUT2D eigenvalue weighted by molar-refractivity contribution is 7.09. The van der Waals surface area contributed by atoms with Crippen LogP contribution in [0.3, 0.4) is 0 Å². The number of ether oxygens (including phenoxy) is 1. The van der Waals surface area contributed by atoms with Crippen molar-refractivity contribution in [3.63, 3.8) is 0 Å². The third kappa shape index (κ3) is 7.40. The summed E-state index contributed by atoms with van der Waals surface area (Å²) in [6.45, 7) is 12.1. The SMILES string of the molecule is CC(C)(C)OCCC(NC(=O)Cc1csc(C(C)(C)C)n1)C(=O)O. The average molecular weight is 356 g/mol. The number of thiazole rings is 1. The second-order valence-electron chi connectivity index (χ2n) is 7.78. The number of amides is 1. The molecule has 136 valence electrons. The normalized spacial score (nSPS) is 13.6. The van der Waals surface area contributed by atoms with E-state index in [4.69, 9.17) is 4.74 Å². The van der Waals surface area contributed by atoms with E-state index >= 15 is 0 Å². The number of carbonyl (C=O) groups is 2. The van der Waals surface area contributed by atoms with E-state index in [1.165, 1.54) is 11.3 Å². The molecular weight excluding hydrogens is 328 g/mol. The summed E-state index contributed by atoms with van der Waals surface area (Å²) in [5.41, 5.74) is 0.266. The standard InChI is InChI=1S/C17H28N2O4S/c1-16(2,3)15-18-11(10-24-15)9-13(20)19-12(14(21)22)7-8-23-17(4,5)6/h10,12H,7-9H2,1-6H3,(H,19,20)(H,21,22). The molecule has 0 fully saturated rings. The quantitative estimate of drug-likeness (QED) is 0.784. The van der Waals surface area contributed by atoms with Crippen molar-refractivity contribution in [1.82, 2.24) is 10.3 Å². The van der Waals surface area contributed by atoms with Gasteiger partial charge in [0.25, 0.3) is 0 Å². The molecule has 6 nitrogen and oxygen atoms in total. The smallest absolute Gasteiger partial charge is 0.326 e. The highest BCUT2D eigenvalue weighted by atomic mass is 32.1. The van der Waals surface area contributed by atoms with Crippen LogP contribution in [0.2, 0.25) is 0 Å². The summed E-state index contributed by atoms with van der Waals surface area (Å²) >= 11 is 1.51. The third-order valence-corrected chi connectivity index (χ3v) is 4.43. The van der Waals surface area contributed by atoms with Gasteiger partial charge in [0.15, 0.2) is 0 Å². The first-order chi connectivity index (χ1) is 10.9. The van der Waals surface area contributed by atoms with Crippen LogP contribution >= 0.6 is 11.3 Å². The molecule has 0 aliphatic carbocycles. The molecule has 24 heavy (non-hydrogen) atoms. The molecule has 7 heteroatoms. The average Bonchev–Trinajstić information content (AvgIpc) is 2.84. The van der Waals surface area contributed by atoms with Gasteiger partial charge in [-0.25, -0.2) is 9.78 Å². The number of carboxylic acid groups (broad SMARTS) is 1. The van der Waals surface area contributed by atoms with Gasteiger partial charge in [0, 0.05) is 23.8 Å². The molecule has 0 radical (unpaired) electrons. The molecule has 1 unspecified atom stereocenters. The maximum atomic E-state index is 12.1. The molecule has 1 heterocycles. The number of hydrogen-bond acceptors (Lipinski definition) is 5. The molecule has 2 N–H and O–H groups in total. The van der Waals surface area contributed by atoms with Crippen molar-refractivity contribution >= 4 is 23.2 Å². The van der Waals surface area contributed by atoms with Crippen molar-refractivity contribution in [2.45, 2.75) is 71.4 Å². The molecule has 1 amide bonds. The molecule has 0 bridgehead atoms. The largest absolute Gasteiger partial charge is 0.480 e. The zero-order valence-electron chi connectivity index (χ0n) is 15.3. The van der Waals surface area contributed by atoms with Crippen LogP contribution in [0.1, 0.15) is 58.7 Å². The summed E-state index contributed by atoms with van der Waals surface area (Å²) in [5, 5.41) is 14.6. The van der Waals surface area contributed by atoms with E-state index in [0.29, 0.717) is 5.69 Å². The van der Waals surface area contributed by atoms with Gasteiger partial charge in [-0.1, -0.05) is 20.8 Å². The van der Waals surface area contributed by atoms with Gasteiger partial charge in [0.1, 0.15) is 6.04 Å². The minimum absolute atomic E-state index is 0.0622. The van der Waals surface area contributed by atoms with Crippen molar-refractivity contribution in [2.75, 3.05) is 6.61 Å². The molecule has 0 aliphatic rings.